The lowest BCUT2D eigenvalue weighted by atomic mass is 10.2. The van der Waals surface area contributed by atoms with E-state index in [1.165, 1.54) is 11.3 Å². The van der Waals surface area contributed by atoms with Gasteiger partial charge in [-0.1, -0.05) is 0 Å². The molecule has 1 N–H and O–H groups in total. The molecule has 0 fully saturated rings. The third kappa shape index (κ3) is 4.04. The number of nitrogens with zero attached hydrogens (tertiary/aromatic N) is 3. The van der Waals surface area contributed by atoms with E-state index in [4.69, 9.17) is 0 Å². The highest BCUT2D eigenvalue weighted by Gasteiger charge is 2.20. The molecule has 0 spiro atoms. The molecule has 0 bridgehead atoms. The Balaban J connectivity index is 1.72. The van der Waals surface area contributed by atoms with Crippen molar-refractivity contribution in [2.24, 2.45) is 0 Å². The molecule has 0 radical (unpaired) electrons. The predicted octanol–water partition coefficient (Wildman–Crippen LogP) is 3.94. The Morgan fingerprint density at radius 2 is 2.21 bits per heavy atom. The molecule has 0 aliphatic heterocycles. The minimum atomic E-state index is -0.224. The number of hydrogen-bond acceptors (Lipinski definition) is 5. The molecular formula is C17H18N4OS2. The molecule has 0 saturated heterocycles. The number of carbonyl (C=O) groups is 1. The summed E-state index contributed by atoms with van der Waals surface area (Å²) in [6.07, 6.45) is 10.2. The maximum absolute atomic E-state index is 12.7. The van der Waals surface area contributed by atoms with Crippen molar-refractivity contribution < 1.29 is 4.79 Å². The molecule has 24 heavy (non-hydrogen) atoms. The summed E-state index contributed by atoms with van der Waals surface area (Å²) in [5.41, 5.74) is 1.77. The Labute approximate surface area is 149 Å². The second kappa shape index (κ2) is 8.12. The number of anilines is 1. The Bertz CT molecular complexity index is 771. The average Bonchev–Trinajstić information content (AvgIpc) is 3.28. The van der Waals surface area contributed by atoms with Crippen LogP contribution in [-0.4, -0.2) is 32.5 Å². The van der Waals surface area contributed by atoms with E-state index in [0.717, 1.165) is 23.4 Å². The lowest BCUT2D eigenvalue weighted by Gasteiger charge is -2.17. The lowest BCUT2D eigenvalue weighted by molar-refractivity contribution is -0.119. The summed E-state index contributed by atoms with van der Waals surface area (Å²) in [5, 5.41) is 5.49. The quantitative estimate of drug-likeness (QED) is 0.695. The van der Waals surface area contributed by atoms with Crippen LogP contribution in [0.25, 0.3) is 11.3 Å². The summed E-state index contributed by atoms with van der Waals surface area (Å²) in [7, 11) is 0. The maximum Gasteiger partial charge on any atom is 0.249 e. The first-order chi connectivity index (χ1) is 11.8. The molecule has 1 amide bonds. The van der Waals surface area contributed by atoms with Crippen LogP contribution in [0.3, 0.4) is 0 Å². The number of pyridine rings is 1. The fraction of sp³-hybridized carbons (Fsp3) is 0.235. The zero-order chi connectivity index (χ0) is 16.8. The first-order valence-electron chi connectivity index (χ1n) is 7.56. The summed E-state index contributed by atoms with van der Waals surface area (Å²) >= 11 is 3.16. The first-order valence-corrected chi connectivity index (χ1v) is 9.83. The third-order valence-electron chi connectivity index (χ3n) is 3.58. The molecule has 1 atom stereocenters. The number of rotatable bonds is 7. The minimum Gasteiger partial charge on any atom is -0.342 e. The van der Waals surface area contributed by atoms with E-state index in [1.54, 1.807) is 24.2 Å². The smallest absolute Gasteiger partial charge is 0.249 e. The minimum absolute atomic E-state index is 0.0349. The van der Waals surface area contributed by atoms with Crippen LogP contribution in [0.1, 0.15) is 12.5 Å². The van der Waals surface area contributed by atoms with Gasteiger partial charge in [-0.2, -0.15) is 11.8 Å². The van der Waals surface area contributed by atoms with Crippen LogP contribution in [0.4, 0.5) is 5.13 Å². The van der Waals surface area contributed by atoms with Crippen molar-refractivity contribution in [3.63, 3.8) is 0 Å². The molecule has 3 heterocycles. The van der Waals surface area contributed by atoms with Gasteiger partial charge in [-0.05, 0) is 42.7 Å². The van der Waals surface area contributed by atoms with Crippen LogP contribution >= 0.6 is 23.1 Å². The van der Waals surface area contributed by atoms with Gasteiger partial charge in [-0.25, -0.2) is 4.98 Å². The second-order valence-corrected chi connectivity index (χ2v) is 7.04. The number of hydrogen-bond donors (Lipinski definition) is 1. The molecule has 3 aromatic rings. The molecule has 0 aliphatic carbocycles. The Morgan fingerprint density at radius 3 is 2.92 bits per heavy atom. The van der Waals surface area contributed by atoms with Gasteiger partial charge in [0.05, 0.1) is 5.69 Å². The van der Waals surface area contributed by atoms with Crippen LogP contribution in [-0.2, 0) is 4.79 Å². The maximum atomic E-state index is 12.7. The van der Waals surface area contributed by atoms with Gasteiger partial charge in [0.15, 0.2) is 5.13 Å². The van der Waals surface area contributed by atoms with Gasteiger partial charge < -0.3 is 9.88 Å². The normalized spacial score (nSPS) is 12.0. The molecular weight excluding hydrogens is 340 g/mol. The predicted molar refractivity (Wildman–Crippen MR) is 100 cm³/mol. The number of thiazole rings is 1. The fourth-order valence-electron chi connectivity index (χ4n) is 2.37. The SMILES string of the molecule is CSCCC(C(=O)Nc1nc(-c2cccnc2)cs1)n1cccc1. The molecule has 3 aromatic heterocycles. The largest absolute Gasteiger partial charge is 0.342 e. The molecule has 124 valence electrons. The van der Waals surface area contributed by atoms with Crippen LogP contribution in [0, 0.1) is 0 Å². The number of nitrogens with one attached hydrogen (secondary N) is 1. The molecule has 3 rings (SSSR count). The van der Waals surface area contributed by atoms with Crippen molar-refractivity contribution in [2.75, 3.05) is 17.3 Å². The number of aromatic nitrogens is 3. The molecule has 1 unspecified atom stereocenters. The van der Waals surface area contributed by atoms with Gasteiger partial charge in [0.25, 0.3) is 0 Å². The number of thioether (sulfide) groups is 1. The second-order valence-electron chi connectivity index (χ2n) is 5.20. The topological polar surface area (TPSA) is 59.8 Å². The van der Waals surface area contributed by atoms with E-state index in [-0.39, 0.29) is 11.9 Å². The first kappa shape index (κ1) is 16.7. The molecule has 0 aromatic carbocycles. The number of amides is 1. The molecule has 7 heteroatoms. The van der Waals surface area contributed by atoms with Crippen molar-refractivity contribution in [1.29, 1.82) is 0 Å². The molecule has 5 nitrogen and oxygen atoms in total. The van der Waals surface area contributed by atoms with E-state index < -0.39 is 0 Å². The Kier molecular flexibility index (Phi) is 5.66. The van der Waals surface area contributed by atoms with Crippen LogP contribution < -0.4 is 5.32 Å². The highest BCUT2D eigenvalue weighted by atomic mass is 32.2. The number of carbonyl (C=O) groups excluding carboxylic acids is 1. The summed E-state index contributed by atoms with van der Waals surface area (Å²) < 4.78 is 1.95. The van der Waals surface area contributed by atoms with Crippen LogP contribution in [0.2, 0.25) is 0 Å². The lowest BCUT2D eigenvalue weighted by Crippen LogP contribution is -2.25. The zero-order valence-corrected chi connectivity index (χ0v) is 14.9. The van der Waals surface area contributed by atoms with E-state index in [9.17, 15) is 4.79 Å². The monoisotopic (exact) mass is 358 g/mol. The Hall–Kier alpha value is -2.12. The van der Waals surface area contributed by atoms with Gasteiger partial charge in [-0.15, -0.1) is 11.3 Å². The van der Waals surface area contributed by atoms with Gasteiger partial charge >= 0.3 is 0 Å². The summed E-state index contributed by atoms with van der Waals surface area (Å²) in [6.45, 7) is 0. The summed E-state index contributed by atoms with van der Waals surface area (Å²) in [4.78, 5) is 21.3. The average molecular weight is 358 g/mol. The van der Waals surface area contributed by atoms with Gasteiger partial charge in [-0.3, -0.25) is 9.78 Å². The van der Waals surface area contributed by atoms with Crippen molar-refractivity contribution in [1.82, 2.24) is 14.5 Å². The van der Waals surface area contributed by atoms with Crippen molar-refractivity contribution in [3.05, 3.63) is 54.4 Å². The van der Waals surface area contributed by atoms with Crippen molar-refractivity contribution in [3.8, 4) is 11.3 Å². The Morgan fingerprint density at radius 1 is 1.38 bits per heavy atom. The van der Waals surface area contributed by atoms with Crippen LogP contribution in [0.15, 0.2) is 54.4 Å². The summed E-state index contributed by atoms with van der Waals surface area (Å²) in [6, 6.07) is 7.47. The fourth-order valence-corrected chi connectivity index (χ4v) is 3.55. The third-order valence-corrected chi connectivity index (χ3v) is 4.98. The van der Waals surface area contributed by atoms with Gasteiger partial charge in [0.1, 0.15) is 6.04 Å². The van der Waals surface area contributed by atoms with Gasteiger partial charge in [0.2, 0.25) is 5.91 Å². The summed E-state index contributed by atoms with van der Waals surface area (Å²) in [5.74, 6) is 0.891. The highest BCUT2D eigenvalue weighted by Crippen LogP contribution is 2.25. The van der Waals surface area contributed by atoms with Crippen molar-refractivity contribution in [2.45, 2.75) is 12.5 Å². The standard InChI is InChI=1S/C17H18N4OS2/c1-23-10-6-15(21-8-2-3-9-21)16(22)20-17-19-14(12-24-17)13-5-4-7-18-11-13/h2-5,7-9,11-12,15H,6,10H2,1H3,(H,19,20,22). The zero-order valence-electron chi connectivity index (χ0n) is 13.3. The van der Waals surface area contributed by atoms with E-state index in [0.29, 0.717) is 5.13 Å². The highest BCUT2D eigenvalue weighted by molar-refractivity contribution is 7.98. The molecule has 0 aliphatic rings. The van der Waals surface area contributed by atoms with E-state index >= 15 is 0 Å². The van der Waals surface area contributed by atoms with E-state index in [1.807, 2.05) is 52.9 Å². The van der Waals surface area contributed by atoms with E-state index in [2.05, 4.69) is 15.3 Å². The van der Waals surface area contributed by atoms with Crippen LogP contribution in [0.5, 0.6) is 0 Å². The van der Waals surface area contributed by atoms with Gasteiger partial charge in [0, 0.05) is 35.7 Å². The van der Waals surface area contributed by atoms with Crippen molar-refractivity contribution >= 4 is 34.1 Å². The molecule has 0 saturated carbocycles.